The molecule has 2 N–H and O–H groups in total. The van der Waals surface area contributed by atoms with Gasteiger partial charge in [0.25, 0.3) is 0 Å². The summed E-state index contributed by atoms with van der Waals surface area (Å²) in [5.74, 6) is -1.54. The van der Waals surface area contributed by atoms with Crippen LogP contribution in [0.25, 0.3) is 0 Å². The van der Waals surface area contributed by atoms with E-state index in [1.54, 1.807) is 30.3 Å². The molecule has 0 bridgehead atoms. The zero-order chi connectivity index (χ0) is 18.4. The van der Waals surface area contributed by atoms with Gasteiger partial charge in [0.2, 0.25) is 0 Å². The van der Waals surface area contributed by atoms with Gasteiger partial charge in [-0.15, -0.1) is 0 Å². The van der Waals surface area contributed by atoms with E-state index in [2.05, 4.69) is 20.8 Å². The molecule has 136 valence electrons. The van der Waals surface area contributed by atoms with Crippen molar-refractivity contribution in [3.63, 3.8) is 0 Å². The highest BCUT2D eigenvalue weighted by Gasteiger charge is 2.08. The number of hydrogen-bond acceptors (Lipinski definition) is 2. The van der Waals surface area contributed by atoms with Gasteiger partial charge >= 0.3 is 11.9 Å². The highest BCUT2D eigenvalue weighted by atomic mass is 16.4. The second kappa shape index (κ2) is 12.6. The number of benzene rings is 1. The van der Waals surface area contributed by atoms with E-state index in [-0.39, 0.29) is 0 Å². The molecule has 0 aliphatic carbocycles. The van der Waals surface area contributed by atoms with Gasteiger partial charge in [0.15, 0.2) is 0 Å². The first kappa shape index (κ1) is 22.2. The van der Waals surface area contributed by atoms with E-state index in [4.69, 9.17) is 10.2 Å². The summed E-state index contributed by atoms with van der Waals surface area (Å²) >= 11 is 0. The van der Waals surface area contributed by atoms with Crippen LogP contribution in [0, 0.1) is 5.41 Å². The van der Waals surface area contributed by atoms with Crippen LogP contribution in [0.15, 0.2) is 30.3 Å². The third kappa shape index (κ3) is 15.1. The van der Waals surface area contributed by atoms with Crippen molar-refractivity contribution in [2.45, 2.75) is 72.1 Å². The maximum atomic E-state index is 10.2. The predicted octanol–water partition coefficient (Wildman–Crippen LogP) is 5.62. The van der Waals surface area contributed by atoms with Gasteiger partial charge in [0.1, 0.15) is 0 Å². The Morgan fingerprint density at radius 2 is 1.33 bits per heavy atom. The molecule has 0 amide bonds. The van der Waals surface area contributed by atoms with Crippen molar-refractivity contribution in [2.75, 3.05) is 0 Å². The monoisotopic (exact) mass is 336 g/mol. The van der Waals surface area contributed by atoms with Crippen molar-refractivity contribution in [3.05, 3.63) is 35.9 Å². The van der Waals surface area contributed by atoms with Crippen LogP contribution in [-0.2, 0) is 4.79 Å². The van der Waals surface area contributed by atoms with Crippen LogP contribution in [-0.4, -0.2) is 22.2 Å². The summed E-state index contributed by atoms with van der Waals surface area (Å²) in [5, 5.41) is 16.8. The minimum atomic E-state index is -0.879. The molecule has 1 aromatic rings. The Bertz CT molecular complexity index is 460. The molecule has 0 saturated heterocycles. The van der Waals surface area contributed by atoms with Gasteiger partial charge in [-0.3, -0.25) is 4.79 Å². The number of carboxylic acids is 2. The fourth-order valence-corrected chi connectivity index (χ4v) is 2.22. The fraction of sp³-hybridized carbons (Fsp3) is 0.600. The molecule has 0 heterocycles. The van der Waals surface area contributed by atoms with Crippen LogP contribution >= 0.6 is 0 Å². The van der Waals surface area contributed by atoms with Gasteiger partial charge in [-0.2, -0.15) is 0 Å². The van der Waals surface area contributed by atoms with Gasteiger partial charge in [-0.1, -0.05) is 71.1 Å². The summed E-state index contributed by atoms with van der Waals surface area (Å²) in [7, 11) is 0. The van der Waals surface area contributed by atoms with Crippen molar-refractivity contribution >= 4 is 11.9 Å². The van der Waals surface area contributed by atoms with Gasteiger partial charge in [-0.25, -0.2) is 4.79 Å². The van der Waals surface area contributed by atoms with Crippen molar-refractivity contribution < 1.29 is 19.8 Å². The largest absolute Gasteiger partial charge is 0.481 e. The van der Waals surface area contributed by atoms with E-state index in [1.807, 2.05) is 0 Å². The van der Waals surface area contributed by atoms with Crippen LogP contribution in [0.2, 0.25) is 0 Å². The van der Waals surface area contributed by atoms with Crippen LogP contribution in [0.1, 0.15) is 82.5 Å². The molecule has 0 radical (unpaired) electrons. The number of carboxylic acid groups (broad SMARTS) is 2. The molecule has 1 aromatic carbocycles. The number of unbranched alkanes of at least 4 members (excludes halogenated alkanes) is 5. The molecule has 0 spiro atoms. The summed E-state index contributed by atoms with van der Waals surface area (Å²) in [6.45, 7) is 6.83. The predicted molar refractivity (Wildman–Crippen MR) is 97.4 cm³/mol. The normalized spacial score (nSPS) is 10.6. The van der Waals surface area contributed by atoms with E-state index in [1.165, 1.54) is 32.1 Å². The summed E-state index contributed by atoms with van der Waals surface area (Å²) in [5.41, 5.74) is 0.793. The van der Waals surface area contributed by atoms with Crippen LogP contribution in [0.4, 0.5) is 0 Å². The quantitative estimate of drug-likeness (QED) is 0.574. The first-order valence-electron chi connectivity index (χ1n) is 8.72. The third-order valence-corrected chi connectivity index (χ3v) is 3.59. The standard InChI is InChI=1S/C13H26O2.C7H6O2/c1-13(2,3)11-9-7-5-4-6-8-10-12(14)15;8-7(9)6-4-2-1-3-5-6/h4-11H2,1-3H3,(H,14,15);1-5H,(H,8,9). The molecular weight excluding hydrogens is 304 g/mol. The fourth-order valence-electron chi connectivity index (χ4n) is 2.22. The van der Waals surface area contributed by atoms with Crippen molar-refractivity contribution in [3.8, 4) is 0 Å². The molecule has 4 nitrogen and oxygen atoms in total. The highest BCUT2D eigenvalue weighted by molar-refractivity contribution is 5.87. The summed E-state index contributed by atoms with van der Waals surface area (Å²) in [6.07, 6.45) is 8.60. The maximum absolute atomic E-state index is 10.2. The minimum Gasteiger partial charge on any atom is -0.481 e. The number of aromatic carboxylic acids is 1. The Hall–Kier alpha value is -1.84. The Morgan fingerprint density at radius 1 is 0.833 bits per heavy atom. The van der Waals surface area contributed by atoms with Crippen LogP contribution in [0.3, 0.4) is 0 Å². The summed E-state index contributed by atoms with van der Waals surface area (Å²) in [6, 6.07) is 8.30. The van der Waals surface area contributed by atoms with Crippen molar-refractivity contribution in [1.29, 1.82) is 0 Å². The molecule has 0 atom stereocenters. The molecule has 0 aliphatic rings. The number of aliphatic carboxylic acids is 1. The Labute approximate surface area is 145 Å². The van der Waals surface area contributed by atoms with E-state index in [0.29, 0.717) is 17.4 Å². The first-order valence-corrected chi connectivity index (χ1v) is 8.72. The molecular formula is C20H32O4. The average molecular weight is 336 g/mol. The lowest BCUT2D eigenvalue weighted by molar-refractivity contribution is -0.137. The van der Waals surface area contributed by atoms with Gasteiger partial charge in [0, 0.05) is 6.42 Å². The average Bonchev–Trinajstić information content (AvgIpc) is 2.50. The molecule has 0 aromatic heterocycles. The molecule has 0 unspecified atom stereocenters. The van der Waals surface area contributed by atoms with E-state index in [9.17, 15) is 9.59 Å². The van der Waals surface area contributed by atoms with Crippen molar-refractivity contribution in [1.82, 2.24) is 0 Å². The zero-order valence-corrected chi connectivity index (χ0v) is 15.3. The number of carbonyl (C=O) groups is 2. The van der Waals surface area contributed by atoms with Gasteiger partial charge in [-0.05, 0) is 30.4 Å². The van der Waals surface area contributed by atoms with Gasteiger partial charge < -0.3 is 10.2 Å². The topological polar surface area (TPSA) is 74.6 Å². The smallest absolute Gasteiger partial charge is 0.335 e. The Balaban J connectivity index is 0.000000496. The van der Waals surface area contributed by atoms with Crippen LogP contribution in [0.5, 0.6) is 0 Å². The second-order valence-corrected chi connectivity index (χ2v) is 7.25. The lowest BCUT2D eigenvalue weighted by atomic mass is 9.89. The summed E-state index contributed by atoms with van der Waals surface area (Å²) in [4.78, 5) is 20.4. The van der Waals surface area contributed by atoms with Crippen molar-refractivity contribution in [2.24, 2.45) is 5.41 Å². The third-order valence-electron chi connectivity index (χ3n) is 3.59. The molecule has 0 aliphatic heterocycles. The van der Waals surface area contributed by atoms with E-state index < -0.39 is 11.9 Å². The summed E-state index contributed by atoms with van der Waals surface area (Å²) < 4.78 is 0. The molecule has 0 saturated carbocycles. The van der Waals surface area contributed by atoms with E-state index in [0.717, 1.165) is 12.8 Å². The lowest BCUT2D eigenvalue weighted by Crippen LogP contribution is -2.03. The molecule has 24 heavy (non-hydrogen) atoms. The number of hydrogen-bond donors (Lipinski definition) is 2. The van der Waals surface area contributed by atoms with Crippen LogP contribution < -0.4 is 0 Å². The molecule has 1 rings (SSSR count). The molecule has 0 fully saturated rings. The SMILES string of the molecule is CC(C)(C)CCCCCCCCC(=O)O.O=C(O)c1ccccc1. The first-order chi connectivity index (χ1) is 11.2. The zero-order valence-electron chi connectivity index (χ0n) is 15.3. The number of rotatable bonds is 9. The minimum absolute atomic E-state index is 0.331. The Morgan fingerprint density at radius 3 is 1.75 bits per heavy atom. The van der Waals surface area contributed by atoms with Gasteiger partial charge in [0.05, 0.1) is 5.56 Å². The van der Waals surface area contributed by atoms with E-state index >= 15 is 0 Å². The maximum Gasteiger partial charge on any atom is 0.335 e. The second-order valence-electron chi connectivity index (χ2n) is 7.25. The lowest BCUT2D eigenvalue weighted by Gasteiger charge is -2.17. The highest BCUT2D eigenvalue weighted by Crippen LogP contribution is 2.22. The Kier molecular flexibility index (Phi) is 11.6. The molecule has 4 heteroatoms.